The van der Waals surface area contributed by atoms with Gasteiger partial charge in [0, 0.05) is 11.1 Å². The van der Waals surface area contributed by atoms with E-state index in [2.05, 4.69) is 37.4 Å². The number of carbonyl (C=O) groups excluding carboxylic acids is 2. The van der Waals surface area contributed by atoms with E-state index in [4.69, 9.17) is 18.9 Å². The smallest absolute Gasteiger partial charge is 0.338 e. The molecule has 37 heavy (non-hydrogen) atoms. The average molecular weight is 497 g/mol. The van der Waals surface area contributed by atoms with Gasteiger partial charge in [-0.15, -0.1) is 0 Å². The number of hydrogen-bond donors (Lipinski definition) is 0. The second kappa shape index (κ2) is 12.7. The molecule has 3 aromatic rings. The van der Waals surface area contributed by atoms with E-state index < -0.39 is 11.9 Å². The average Bonchev–Trinajstić information content (AvgIpc) is 2.89. The maximum absolute atomic E-state index is 11.4. The lowest BCUT2D eigenvalue weighted by molar-refractivity contribution is -0.134. The zero-order valence-corrected chi connectivity index (χ0v) is 21.0. The molecule has 0 spiro atoms. The Morgan fingerprint density at radius 2 is 1.05 bits per heavy atom. The fourth-order valence-corrected chi connectivity index (χ4v) is 3.19. The highest BCUT2D eigenvalue weighted by atomic mass is 16.5. The molecule has 0 heterocycles. The zero-order chi connectivity index (χ0) is 26.8. The number of esters is 2. The van der Waals surface area contributed by atoms with Crippen molar-refractivity contribution in [3.63, 3.8) is 0 Å². The third-order valence-corrected chi connectivity index (χ3v) is 5.15. The highest BCUT2D eigenvalue weighted by Crippen LogP contribution is 2.30. The molecule has 0 amide bonds. The Hall–Kier alpha value is -4.84. The lowest BCUT2D eigenvalue weighted by Crippen LogP contribution is -1.99. The van der Waals surface area contributed by atoms with Gasteiger partial charge in [0.15, 0.2) is 0 Å². The molecule has 0 saturated heterocycles. The first kappa shape index (κ1) is 26.8. The Morgan fingerprint density at radius 1 is 0.622 bits per heavy atom. The number of ether oxygens (including phenoxy) is 4. The molecule has 0 saturated carbocycles. The van der Waals surface area contributed by atoms with Gasteiger partial charge in [0.05, 0.1) is 0 Å². The van der Waals surface area contributed by atoms with Crippen LogP contribution in [0.1, 0.15) is 19.4 Å². The molecule has 6 nitrogen and oxygen atoms in total. The second-order valence-corrected chi connectivity index (χ2v) is 8.23. The predicted molar refractivity (Wildman–Crippen MR) is 143 cm³/mol. The Labute approximate surface area is 216 Å². The molecule has 3 aromatic carbocycles. The van der Waals surface area contributed by atoms with Crippen LogP contribution in [-0.4, -0.2) is 11.9 Å². The van der Waals surface area contributed by atoms with Crippen LogP contribution in [0.15, 0.2) is 116 Å². The Balaban J connectivity index is 1.60. The molecule has 0 aromatic heterocycles. The van der Waals surface area contributed by atoms with Crippen molar-refractivity contribution in [3.05, 3.63) is 122 Å². The third kappa shape index (κ3) is 7.83. The number of benzene rings is 3. The van der Waals surface area contributed by atoms with E-state index in [0.29, 0.717) is 22.6 Å². The zero-order valence-electron chi connectivity index (χ0n) is 21.0. The fourth-order valence-electron chi connectivity index (χ4n) is 3.19. The second-order valence-electron chi connectivity index (χ2n) is 8.23. The van der Waals surface area contributed by atoms with Crippen molar-refractivity contribution < 1.29 is 28.5 Å². The largest absolute Gasteiger partial charge is 0.462 e. The molecule has 0 aliphatic rings. The van der Waals surface area contributed by atoms with Crippen molar-refractivity contribution in [2.45, 2.75) is 20.8 Å². The summed E-state index contributed by atoms with van der Waals surface area (Å²) in [7, 11) is 0. The van der Waals surface area contributed by atoms with Gasteiger partial charge in [-0.2, -0.15) is 0 Å². The molecule has 0 N–H and O–H groups in total. The minimum absolute atomic E-state index is 0.314. The number of aryl methyl sites for hydroxylation is 1. The minimum atomic E-state index is -0.505. The van der Waals surface area contributed by atoms with E-state index >= 15 is 0 Å². The lowest BCUT2D eigenvalue weighted by atomic mass is 9.97. The third-order valence-electron chi connectivity index (χ3n) is 5.15. The van der Waals surface area contributed by atoms with Crippen LogP contribution in [0, 0.1) is 6.92 Å². The Morgan fingerprint density at radius 3 is 1.54 bits per heavy atom. The number of carbonyl (C=O) groups is 2. The lowest BCUT2D eigenvalue weighted by Gasteiger charge is -2.10. The Bertz CT molecular complexity index is 1350. The monoisotopic (exact) mass is 496 g/mol. The van der Waals surface area contributed by atoms with Gasteiger partial charge in [-0.3, -0.25) is 0 Å². The van der Waals surface area contributed by atoms with Gasteiger partial charge >= 0.3 is 11.9 Å². The summed E-state index contributed by atoms with van der Waals surface area (Å²) in [5.41, 5.74) is 5.93. The summed E-state index contributed by atoms with van der Waals surface area (Å²) in [6.07, 6.45) is 4.99. The van der Waals surface area contributed by atoms with Crippen LogP contribution in [0.3, 0.4) is 0 Å². The normalized spacial score (nSPS) is 10.8. The molecular formula is C31H28O6. The summed E-state index contributed by atoms with van der Waals surface area (Å²) in [6.45, 7) is 12.2. The fraction of sp³-hybridized carbons (Fsp3) is 0.0968. The first-order valence-electron chi connectivity index (χ1n) is 11.4. The van der Waals surface area contributed by atoms with Crippen LogP contribution < -0.4 is 9.47 Å². The summed E-state index contributed by atoms with van der Waals surface area (Å²) in [4.78, 5) is 22.7. The Kier molecular flexibility index (Phi) is 9.22. The maximum atomic E-state index is 11.4. The first-order chi connectivity index (χ1) is 17.7. The van der Waals surface area contributed by atoms with E-state index in [1.165, 1.54) is 25.0 Å². The molecule has 0 radical (unpaired) electrons. The molecule has 0 aliphatic carbocycles. The van der Waals surface area contributed by atoms with Crippen molar-refractivity contribution in [1.29, 1.82) is 0 Å². The summed E-state index contributed by atoms with van der Waals surface area (Å²) in [5.74, 6) is 0.237. The van der Waals surface area contributed by atoms with E-state index in [9.17, 15) is 9.59 Å². The van der Waals surface area contributed by atoms with E-state index in [0.717, 1.165) is 27.8 Å². The molecule has 0 atom stereocenters. The standard InChI is InChI=1S/C31H28O6/c1-21(2)30(32)36-18-16-34-27-12-10-25(11-13-27)24-6-8-26(9-7-24)29-15-14-28(20-23(29)5)35-17-19-37-31(33)22(3)4/h6-20H,1,3H2,2,4-5H3/b18-16-,19-17-. The minimum Gasteiger partial charge on any atom is -0.462 e. The number of rotatable bonds is 10. The van der Waals surface area contributed by atoms with Crippen LogP contribution in [-0.2, 0) is 19.1 Å². The van der Waals surface area contributed by atoms with Crippen molar-refractivity contribution in [2.24, 2.45) is 0 Å². The molecule has 0 fully saturated rings. The summed E-state index contributed by atoms with van der Waals surface area (Å²) < 4.78 is 20.7. The molecule has 0 bridgehead atoms. The van der Waals surface area contributed by atoms with Crippen molar-refractivity contribution in [2.75, 3.05) is 0 Å². The summed E-state index contributed by atoms with van der Waals surface area (Å²) >= 11 is 0. The molecule has 6 heteroatoms. The topological polar surface area (TPSA) is 71.1 Å². The quantitative estimate of drug-likeness (QED) is 0.167. The van der Waals surface area contributed by atoms with Crippen LogP contribution in [0.5, 0.6) is 11.5 Å². The van der Waals surface area contributed by atoms with Gasteiger partial charge in [0.2, 0.25) is 0 Å². The SMILES string of the molecule is C=C(C)C(=O)O/C=C\Oc1ccc(-c2ccc(-c3ccc(O/C=C\OC(=O)C(=C)C)cc3C)cc2)cc1. The van der Waals surface area contributed by atoms with Crippen LogP contribution in [0.2, 0.25) is 0 Å². The van der Waals surface area contributed by atoms with Crippen LogP contribution in [0.4, 0.5) is 0 Å². The van der Waals surface area contributed by atoms with Crippen LogP contribution in [0.25, 0.3) is 22.3 Å². The molecule has 188 valence electrons. The molecule has 0 unspecified atom stereocenters. The van der Waals surface area contributed by atoms with Gasteiger partial charge in [-0.25, -0.2) is 9.59 Å². The highest BCUT2D eigenvalue weighted by Gasteiger charge is 2.06. The van der Waals surface area contributed by atoms with Gasteiger partial charge in [-0.05, 0) is 72.9 Å². The van der Waals surface area contributed by atoms with Gasteiger partial charge in [-0.1, -0.05) is 55.6 Å². The van der Waals surface area contributed by atoms with Gasteiger partial charge in [0.1, 0.15) is 36.5 Å². The van der Waals surface area contributed by atoms with Gasteiger partial charge < -0.3 is 18.9 Å². The molecular weight excluding hydrogens is 468 g/mol. The number of hydrogen-bond acceptors (Lipinski definition) is 6. The first-order valence-corrected chi connectivity index (χ1v) is 11.4. The molecule has 0 aliphatic heterocycles. The van der Waals surface area contributed by atoms with Crippen LogP contribution >= 0.6 is 0 Å². The van der Waals surface area contributed by atoms with E-state index in [1.54, 1.807) is 13.8 Å². The van der Waals surface area contributed by atoms with E-state index in [1.807, 2.05) is 49.4 Å². The highest BCUT2D eigenvalue weighted by molar-refractivity contribution is 5.87. The van der Waals surface area contributed by atoms with Crippen molar-refractivity contribution in [3.8, 4) is 33.8 Å². The van der Waals surface area contributed by atoms with Crippen molar-refractivity contribution >= 4 is 11.9 Å². The molecule has 3 rings (SSSR count). The maximum Gasteiger partial charge on any atom is 0.338 e. The van der Waals surface area contributed by atoms with Crippen molar-refractivity contribution in [1.82, 2.24) is 0 Å². The summed E-state index contributed by atoms with van der Waals surface area (Å²) in [5, 5.41) is 0. The van der Waals surface area contributed by atoms with E-state index in [-0.39, 0.29) is 0 Å². The predicted octanol–water partition coefficient (Wildman–Crippen LogP) is 7.27. The summed E-state index contributed by atoms with van der Waals surface area (Å²) in [6, 6.07) is 21.6. The van der Waals surface area contributed by atoms with Gasteiger partial charge in [0.25, 0.3) is 0 Å².